The van der Waals surface area contributed by atoms with Crippen LogP contribution in [0.3, 0.4) is 0 Å². The van der Waals surface area contributed by atoms with Crippen LogP contribution >= 0.6 is 22.2 Å². The van der Waals surface area contributed by atoms with E-state index in [9.17, 15) is 5.21 Å². The van der Waals surface area contributed by atoms with Gasteiger partial charge in [-0.05, 0) is 13.0 Å². The Labute approximate surface area is 76.0 Å². The molecule has 0 saturated heterocycles. The molecule has 0 unspecified atom stereocenters. The molecular formula is C6H6Cl2NOSi. The molecule has 0 fully saturated rings. The van der Waals surface area contributed by atoms with E-state index in [1.165, 1.54) is 6.20 Å². The molecule has 0 aliphatic carbocycles. The molecule has 0 aliphatic heterocycles. The Kier molecular flexibility index (Phi) is 2.76. The summed E-state index contributed by atoms with van der Waals surface area (Å²) >= 11 is 11.3. The van der Waals surface area contributed by atoms with Gasteiger partial charge in [0, 0.05) is 11.6 Å². The molecule has 2 nitrogen and oxygen atoms in total. The van der Waals surface area contributed by atoms with E-state index in [2.05, 4.69) is 0 Å². The second-order valence-electron chi connectivity index (χ2n) is 2.13. The van der Waals surface area contributed by atoms with Crippen LogP contribution in [-0.4, -0.2) is 7.42 Å². The molecule has 0 N–H and O–H groups in total. The predicted molar refractivity (Wildman–Crippen MR) is 47.2 cm³/mol. The van der Waals surface area contributed by atoms with Crippen LogP contribution in [0.1, 0.15) is 5.56 Å². The highest BCUT2D eigenvalue weighted by Crippen LogP contribution is 1.98. The molecule has 5 heteroatoms. The number of aryl methyl sites for hydroxylation is 1. The van der Waals surface area contributed by atoms with Crippen LogP contribution in [-0.2, 0) is 0 Å². The van der Waals surface area contributed by atoms with Crippen molar-refractivity contribution in [1.82, 2.24) is 0 Å². The Bertz CT molecular complexity index is 247. The molecule has 0 amide bonds. The number of halogens is 2. The van der Waals surface area contributed by atoms with Crippen LogP contribution in [0.25, 0.3) is 0 Å². The Hall–Kier alpha value is -0.253. The van der Waals surface area contributed by atoms with Crippen molar-refractivity contribution < 1.29 is 4.73 Å². The van der Waals surface area contributed by atoms with E-state index in [0.29, 0.717) is 5.32 Å². The number of pyridine rings is 1. The first-order chi connectivity index (χ1) is 5.13. The zero-order valence-electron chi connectivity index (χ0n) is 5.84. The smallest absolute Gasteiger partial charge is 0.388 e. The van der Waals surface area contributed by atoms with Gasteiger partial charge in [0.25, 0.3) is 0 Å². The Balaban J connectivity index is 3.21. The van der Waals surface area contributed by atoms with Gasteiger partial charge in [0.05, 0.1) is 0 Å². The van der Waals surface area contributed by atoms with Gasteiger partial charge in [-0.3, -0.25) is 0 Å². The summed E-state index contributed by atoms with van der Waals surface area (Å²) in [7, 11) is -1.68. The van der Waals surface area contributed by atoms with E-state index in [1.807, 2.05) is 13.0 Å². The average molecular weight is 207 g/mol. The molecule has 0 spiro atoms. The lowest BCUT2D eigenvalue weighted by Gasteiger charge is -2.04. The van der Waals surface area contributed by atoms with Crippen molar-refractivity contribution in [2.24, 2.45) is 0 Å². The fourth-order valence-electron chi connectivity index (χ4n) is 0.825. The van der Waals surface area contributed by atoms with Crippen LogP contribution in [0.2, 0.25) is 0 Å². The number of aromatic nitrogens is 1. The minimum absolute atomic E-state index is 0.501. The first kappa shape index (κ1) is 8.84. The molecule has 1 aromatic heterocycles. The first-order valence-electron chi connectivity index (χ1n) is 3.00. The normalized spacial score (nSPS) is 10.5. The summed E-state index contributed by atoms with van der Waals surface area (Å²) in [5.74, 6) is 0. The highest BCUT2D eigenvalue weighted by atomic mass is 35.7. The van der Waals surface area contributed by atoms with Crippen molar-refractivity contribution >= 4 is 34.9 Å². The van der Waals surface area contributed by atoms with Gasteiger partial charge in [-0.15, -0.1) is 22.2 Å². The third-order valence-corrected chi connectivity index (χ3v) is 3.39. The van der Waals surface area contributed by atoms with E-state index in [-0.39, 0.29) is 0 Å². The quantitative estimate of drug-likeness (QED) is 0.289. The van der Waals surface area contributed by atoms with Gasteiger partial charge >= 0.3 is 7.42 Å². The van der Waals surface area contributed by atoms with Gasteiger partial charge in [0.15, 0.2) is 6.20 Å². The lowest BCUT2D eigenvalue weighted by molar-refractivity contribution is -0.586. The molecule has 1 radical (unpaired) electrons. The van der Waals surface area contributed by atoms with E-state index < -0.39 is 7.42 Å². The summed E-state index contributed by atoms with van der Waals surface area (Å²) in [5, 5.41) is 11.6. The van der Waals surface area contributed by atoms with Crippen LogP contribution < -0.4 is 10.0 Å². The fourth-order valence-corrected chi connectivity index (χ4v) is 2.84. The maximum absolute atomic E-state index is 11.1. The molecule has 59 valence electrons. The SMILES string of the molecule is Cc1ccc[n+]([O-])c1[Si](Cl)Cl. The van der Waals surface area contributed by atoms with Crippen LogP contribution in [0.4, 0.5) is 0 Å². The van der Waals surface area contributed by atoms with E-state index in [4.69, 9.17) is 22.2 Å². The third kappa shape index (κ3) is 1.86. The largest absolute Gasteiger partial charge is 0.619 e. The summed E-state index contributed by atoms with van der Waals surface area (Å²) in [4.78, 5) is 0. The zero-order chi connectivity index (χ0) is 8.43. The fraction of sp³-hybridized carbons (Fsp3) is 0.167. The monoisotopic (exact) mass is 206 g/mol. The minimum Gasteiger partial charge on any atom is -0.619 e. The first-order valence-corrected chi connectivity index (χ1v) is 6.52. The predicted octanol–water partition coefficient (Wildman–Crippen LogP) is 0.801. The van der Waals surface area contributed by atoms with Crippen LogP contribution in [0, 0.1) is 12.1 Å². The summed E-state index contributed by atoms with van der Waals surface area (Å²) in [6.45, 7) is 1.82. The summed E-state index contributed by atoms with van der Waals surface area (Å²) < 4.78 is 0.726. The summed E-state index contributed by atoms with van der Waals surface area (Å²) in [5.41, 5.74) is 0.849. The van der Waals surface area contributed by atoms with Crippen LogP contribution in [0.15, 0.2) is 18.3 Å². The van der Waals surface area contributed by atoms with E-state index in [1.54, 1.807) is 6.07 Å². The van der Waals surface area contributed by atoms with Gasteiger partial charge in [-0.1, -0.05) is 0 Å². The van der Waals surface area contributed by atoms with Crippen LogP contribution in [0.5, 0.6) is 0 Å². The minimum atomic E-state index is -1.68. The number of hydrogen-bond acceptors (Lipinski definition) is 1. The number of rotatable bonds is 1. The molecule has 1 heterocycles. The highest BCUT2D eigenvalue weighted by molar-refractivity contribution is 7.39. The van der Waals surface area contributed by atoms with Gasteiger partial charge in [0.1, 0.15) is 0 Å². The second-order valence-corrected chi connectivity index (χ2v) is 5.97. The lowest BCUT2D eigenvalue weighted by Crippen LogP contribution is -2.51. The Morgan fingerprint density at radius 2 is 2.18 bits per heavy atom. The van der Waals surface area contributed by atoms with E-state index in [0.717, 1.165) is 10.3 Å². The summed E-state index contributed by atoms with van der Waals surface area (Å²) in [6, 6.07) is 3.49. The zero-order valence-corrected chi connectivity index (χ0v) is 8.36. The molecule has 0 bridgehead atoms. The average Bonchev–Trinajstić information content (AvgIpc) is 1.85. The van der Waals surface area contributed by atoms with Crippen molar-refractivity contribution in [3.8, 4) is 0 Å². The second kappa shape index (κ2) is 3.43. The van der Waals surface area contributed by atoms with Crippen molar-refractivity contribution in [2.75, 3.05) is 0 Å². The number of nitrogens with zero attached hydrogens (tertiary/aromatic N) is 1. The Morgan fingerprint density at radius 3 is 2.55 bits per heavy atom. The van der Waals surface area contributed by atoms with Crippen molar-refractivity contribution in [3.63, 3.8) is 0 Å². The van der Waals surface area contributed by atoms with Gasteiger partial charge in [-0.2, -0.15) is 4.73 Å². The topological polar surface area (TPSA) is 26.9 Å². The maximum atomic E-state index is 11.1. The van der Waals surface area contributed by atoms with E-state index >= 15 is 0 Å². The third-order valence-electron chi connectivity index (χ3n) is 1.34. The highest BCUT2D eigenvalue weighted by Gasteiger charge is 2.20. The Morgan fingerprint density at radius 1 is 1.55 bits per heavy atom. The van der Waals surface area contributed by atoms with Gasteiger partial charge in [0.2, 0.25) is 5.32 Å². The molecular weight excluding hydrogens is 201 g/mol. The van der Waals surface area contributed by atoms with Gasteiger partial charge < -0.3 is 5.21 Å². The maximum Gasteiger partial charge on any atom is 0.388 e. The summed E-state index contributed by atoms with van der Waals surface area (Å²) in [6.07, 6.45) is 1.40. The molecule has 0 aromatic carbocycles. The van der Waals surface area contributed by atoms with Crippen molar-refractivity contribution in [2.45, 2.75) is 6.92 Å². The van der Waals surface area contributed by atoms with Gasteiger partial charge in [-0.25, -0.2) is 0 Å². The van der Waals surface area contributed by atoms with Crippen molar-refractivity contribution in [3.05, 3.63) is 29.1 Å². The molecule has 1 aromatic rings. The lowest BCUT2D eigenvalue weighted by atomic mass is 10.3. The molecule has 0 atom stereocenters. The van der Waals surface area contributed by atoms with Crippen molar-refractivity contribution in [1.29, 1.82) is 0 Å². The number of hydrogen-bond donors (Lipinski definition) is 0. The molecule has 11 heavy (non-hydrogen) atoms. The molecule has 0 saturated carbocycles. The standard InChI is InChI=1S/C6H6Cl2NOSi/c1-5-3-2-4-9(10)6(5)11(7)8/h2-4H,1H3. The molecule has 0 aliphatic rings. The molecule has 1 rings (SSSR count).